The lowest BCUT2D eigenvalue weighted by molar-refractivity contribution is -0.155. The number of hydrogen-bond donors (Lipinski definition) is 1. The summed E-state index contributed by atoms with van der Waals surface area (Å²) in [5.41, 5.74) is 1.96. The SMILES string of the molecule is C=NC[C@@H](OC[C@@H](C)Oc1ccccc1)C1CC(N2CCC(C)(C)CC2)=C([C@H](OC(C)(C)C)C(=O)O)C(C)=N1. The molecule has 1 N–H and O–H groups in total. The van der Waals surface area contributed by atoms with Crippen LogP contribution in [-0.4, -0.2) is 84.6 Å². The highest BCUT2D eigenvalue weighted by atomic mass is 16.5. The molecule has 1 fully saturated rings. The number of carboxylic acid groups (broad SMARTS) is 1. The first-order valence-corrected chi connectivity index (χ1v) is 14.0. The Morgan fingerprint density at radius 1 is 1.23 bits per heavy atom. The third-order valence-corrected chi connectivity index (χ3v) is 7.28. The first-order chi connectivity index (χ1) is 18.3. The van der Waals surface area contributed by atoms with Crippen molar-refractivity contribution in [3.8, 4) is 5.75 Å². The van der Waals surface area contributed by atoms with E-state index < -0.39 is 17.7 Å². The van der Waals surface area contributed by atoms with Crippen LogP contribution in [0.1, 0.15) is 67.7 Å². The zero-order valence-electron chi connectivity index (χ0n) is 24.8. The smallest absolute Gasteiger partial charge is 0.337 e. The van der Waals surface area contributed by atoms with E-state index in [1.807, 2.05) is 65.0 Å². The van der Waals surface area contributed by atoms with E-state index >= 15 is 0 Å². The largest absolute Gasteiger partial charge is 0.488 e. The average Bonchev–Trinajstić information content (AvgIpc) is 2.85. The van der Waals surface area contributed by atoms with Crippen molar-refractivity contribution in [2.45, 2.75) is 97.7 Å². The van der Waals surface area contributed by atoms with Crippen LogP contribution in [0.25, 0.3) is 0 Å². The summed E-state index contributed by atoms with van der Waals surface area (Å²) in [4.78, 5) is 24.0. The number of rotatable bonds is 12. The standard InChI is InChI=1S/C31H47N3O5/c1-21(38-23-12-10-9-11-13-23)20-37-26(19-32-8)24-18-25(34-16-14-31(6,7)15-17-34)27(22(2)33-24)28(29(35)36)39-30(3,4)5/h9-13,21,24,26,28H,8,14-20H2,1-7H3,(H,35,36)/t21-,24?,26-,28+/m1/s1. The first-order valence-electron chi connectivity index (χ1n) is 14.0. The van der Waals surface area contributed by atoms with Crippen LogP contribution in [0.4, 0.5) is 0 Å². The summed E-state index contributed by atoms with van der Waals surface area (Å²) < 4.78 is 18.5. The molecule has 8 nitrogen and oxygen atoms in total. The van der Waals surface area contributed by atoms with E-state index in [1.54, 1.807) is 0 Å². The van der Waals surface area contributed by atoms with Gasteiger partial charge in [0.1, 0.15) is 11.9 Å². The zero-order chi connectivity index (χ0) is 28.8. The van der Waals surface area contributed by atoms with E-state index in [0.717, 1.165) is 37.4 Å². The lowest BCUT2D eigenvalue weighted by atomic mass is 9.81. The summed E-state index contributed by atoms with van der Waals surface area (Å²) in [5, 5.41) is 10.2. The molecule has 0 aliphatic carbocycles. The van der Waals surface area contributed by atoms with Gasteiger partial charge in [-0.1, -0.05) is 32.0 Å². The Morgan fingerprint density at radius 2 is 1.87 bits per heavy atom. The fourth-order valence-corrected chi connectivity index (χ4v) is 5.14. The van der Waals surface area contributed by atoms with Crippen LogP contribution < -0.4 is 4.74 Å². The van der Waals surface area contributed by atoms with Crippen molar-refractivity contribution in [2.24, 2.45) is 15.4 Å². The summed E-state index contributed by atoms with van der Waals surface area (Å²) >= 11 is 0. The van der Waals surface area contributed by atoms with Crippen molar-refractivity contribution in [3.05, 3.63) is 41.6 Å². The molecule has 2 aliphatic rings. The molecule has 39 heavy (non-hydrogen) atoms. The molecule has 4 atom stereocenters. The predicted octanol–water partition coefficient (Wildman–Crippen LogP) is 5.42. The number of para-hydroxylation sites is 1. The predicted molar refractivity (Wildman–Crippen MR) is 156 cm³/mol. The number of likely N-dealkylation sites (tertiary alicyclic amines) is 1. The molecule has 1 aromatic carbocycles. The summed E-state index contributed by atoms with van der Waals surface area (Å²) in [6.07, 6.45) is 1.04. The molecule has 2 aliphatic heterocycles. The number of piperidine rings is 1. The average molecular weight is 542 g/mol. The van der Waals surface area contributed by atoms with Gasteiger partial charge in [-0.05, 0) is 71.7 Å². The number of dihydropyridines is 1. The Labute approximate surface area is 234 Å². The van der Waals surface area contributed by atoms with Crippen LogP contribution in [0.5, 0.6) is 5.75 Å². The molecule has 0 radical (unpaired) electrons. The number of carboxylic acids is 1. The molecule has 216 valence electrons. The van der Waals surface area contributed by atoms with Gasteiger partial charge in [-0.3, -0.25) is 9.98 Å². The van der Waals surface area contributed by atoms with Crippen LogP contribution in [0.3, 0.4) is 0 Å². The van der Waals surface area contributed by atoms with Crippen molar-refractivity contribution < 1.29 is 24.1 Å². The second kappa shape index (κ2) is 13.1. The number of nitrogens with zero attached hydrogens (tertiary/aromatic N) is 3. The van der Waals surface area contributed by atoms with Gasteiger partial charge in [0, 0.05) is 36.5 Å². The van der Waals surface area contributed by atoms with Crippen LogP contribution in [-0.2, 0) is 14.3 Å². The molecule has 0 spiro atoms. The minimum atomic E-state index is -1.10. The van der Waals surface area contributed by atoms with Gasteiger partial charge >= 0.3 is 5.97 Å². The number of hydrogen-bond acceptors (Lipinski definition) is 7. The van der Waals surface area contributed by atoms with Crippen molar-refractivity contribution in [1.82, 2.24) is 4.90 Å². The molecule has 8 heteroatoms. The fraction of sp³-hybridized carbons (Fsp3) is 0.645. The Bertz CT molecular complexity index is 1030. The van der Waals surface area contributed by atoms with Crippen molar-refractivity contribution in [3.63, 3.8) is 0 Å². The molecule has 0 amide bonds. The highest BCUT2D eigenvalue weighted by Crippen LogP contribution is 2.37. The molecular weight excluding hydrogens is 494 g/mol. The minimum absolute atomic E-state index is 0.167. The molecule has 3 rings (SSSR count). The Kier molecular flexibility index (Phi) is 10.4. The molecule has 1 saturated heterocycles. The lowest BCUT2D eigenvalue weighted by Crippen LogP contribution is -2.46. The number of aliphatic imine (C=N–C) groups is 2. The third kappa shape index (κ3) is 8.90. The van der Waals surface area contributed by atoms with E-state index in [-0.39, 0.29) is 23.7 Å². The van der Waals surface area contributed by atoms with E-state index in [0.29, 0.717) is 30.9 Å². The van der Waals surface area contributed by atoms with Crippen LogP contribution >= 0.6 is 0 Å². The molecule has 0 saturated carbocycles. The Balaban J connectivity index is 1.87. The molecule has 1 aromatic rings. The Morgan fingerprint density at radius 3 is 2.44 bits per heavy atom. The van der Waals surface area contributed by atoms with Gasteiger partial charge in [-0.25, -0.2) is 4.79 Å². The van der Waals surface area contributed by atoms with Crippen molar-refractivity contribution in [2.75, 3.05) is 26.2 Å². The van der Waals surface area contributed by atoms with Gasteiger partial charge in [0.15, 0.2) is 6.10 Å². The monoisotopic (exact) mass is 541 g/mol. The van der Waals surface area contributed by atoms with Gasteiger partial charge in [-0.2, -0.15) is 0 Å². The van der Waals surface area contributed by atoms with Crippen molar-refractivity contribution in [1.29, 1.82) is 0 Å². The lowest BCUT2D eigenvalue weighted by Gasteiger charge is -2.43. The summed E-state index contributed by atoms with van der Waals surface area (Å²) in [5.74, 6) is -0.213. The van der Waals surface area contributed by atoms with Crippen LogP contribution in [0.15, 0.2) is 51.6 Å². The number of aliphatic carboxylic acids is 1. The quantitative estimate of drug-likeness (QED) is 0.355. The number of benzene rings is 1. The summed E-state index contributed by atoms with van der Waals surface area (Å²) in [7, 11) is 0. The van der Waals surface area contributed by atoms with E-state index in [2.05, 4.69) is 30.5 Å². The van der Waals surface area contributed by atoms with Gasteiger partial charge in [0.05, 0.1) is 30.9 Å². The summed E-state index contributed by atoms with van der Waals surface area (Å²) in [6, 6.07) is 9.45. The molecular formula is C31H47N3O5. The minimum Gasteiger partial charge on any atom is -0.488 e. The number of ether oxygens (including phenoxy) is 3. The van der Waals surface area contributed by atoms with Gasteiger partial charge in [0.25, 0.3) is 0 Å². The van der Waals surface area contributed by atoms with Gasteiger partial charge in [0.2, 0.25) is 0 Å². The molecule has 1 unspecified atom stereocenters. The molecule has 2 heterocycles. The van der Waals surface area contributed by atoms with E-state index in [1.165, 1.54) is 0 Å². The van der Waals surface area contributed by atoms with Gasteiger partial charge in [-0.15, -0.1) is 0 Å². The molecule has 0 bridgehead atoms. The Hall–Kier alpha value is -2.71. The normalized spacial score (nSPS) is 22.1. The second-order valence-corrected chi connectivity index (χ2v) is 12.5. The van der Waals surface area contributed by atoms with E-state index in [9.17, 15) is 9.90 Å². The maximum Gasteiger partial charge on any atom is 0.337 e. The number of carbonyl (C=O) groups is 1. The maximum absolute atomic E-state index is 12.5. The highest BCUT2D eigenvalue weighted by molar-refractivity contribution is 6.05. The van der Waals surface area contributed by atoms with Crippen LogP contribution in [0, 0.1) is 5.41 Å². The van der Waals surface area contributed by atoms with Crippen molar-refractivity contribution >= 4 is 18.4 Å². The second-order valence-electron chi connectivity index (χ2n) is 12.5. The fourth-order valence-electron chi connectivity index (χ4n) is 5.14. The zero-order valence-corrected chi connectivity index (χ0v) is 24.8. The molecule has 0 aromatic heterocycles. The highest BCUT2D eigenvalue weighted by Gasteiger charge is 2.39. The van der Waals surface area contributed by atoms with Crippen LogP contribution in [0.2, 0.25) is 0 Å². The van der Waals surface area contributed by atoms with Gasteiger partial charge < -0.3 is 24.2 Å². The summed E-state index contributed by atoms with van der Waals surface area (Å²) in [6.45, 7) is 20.3. The maximum atomic E-state index is 12.5. The topological polar surface area (TPSA) is 93.0 Å². The van der Waals surface area contributed by atoms with E-state index in [4.69, 9.17) is 19.2 Å². The first kappa shape index (κ1) is 30.8. The third-order valence-electron chi connectivity index (χ3n) is 7.28.